The lowest BCUT2D eigenvalue weighted by atomic mass is 10.2. The maximum Gasteiger partial charge on any atom is 0.252 e. The van der Waals surface area contributed by atoms with Crippen LogP contribution in [0.25, 0.3) is 0 Å². The molecule has 122 valence electrons. The molecular weight excluding hydrogens is 358 g/mol. The number of pyridine rings is 1. The average Bonchev–Trinajstić information content (AvgIpc) is 2.59. The smallest absolute Gasteiger partial charge is 0.252 e. The monoisotopic (exact) mass is 377 g/mol. The van der Waals surface area contributed by atoms with E-state index in [1.165, 1.54) is 0 Å². The number of nitrogens with zero attached hydrogens (tertiary/aromatic N) is 1. The number of halogens is 1. The molecule has 0 radical (unpaired) electrons. The summed E-state index contributed by atoms with van der Waals surface area (Å²) in [7, 11) is 1.58. The molecule has 0 spiro atoms. The first-order valence-corrected chi connectivity index (χ1v) is 8.21. The fourth-order valence-corrected chi connectivity index (χ4v) is 2.48. The van der Waals surface area contributed by atoms with Crippen molar-refractivity contribution in [2.45, 2.75) is 13.0 Å². The van der Waals surface area contributed by atoms with Crippen LogP contribution in [-0.2, 0) is 6.54 Å². The van der Waals surface area contributed by atoms with Gasteiger partial charge in [-0.15, -0.1) is 0 Å². The van der Waals surface area contributed by atoms with Gasteiger partial charge in [0.1, 0.15) is 5.75 Å². The Morgan fingerprint density at radius 1 is 1.30 bits per heavy atom. The SMILES string of the molecule is COc1ccc(Br)c(C(=O)NCCCNCc2cccnc2)c1. The van der Waals surface area contributed by atoms with Gasteiger partial charge in [0, 0.05) is 30.0 Å². The lowest BCUT2D eigenvalue weighted by molar-refractivity contribution is 0.0952. The zero-order valence-corrected chi connectivity index (χ0v) is 14.6. The van der Waals surface area contributed by atoms with Crippen LogP contribution in [0.15, 0.2) is 47.2 Å². The summed E-state index contributed by atoms with van der Waals surface area (Å²) in [6.07, 6.45) is 4.46. The minimum atomic E-state index is -0.108. The van der Waals surface area contributed by atoms with Gasteiger partial charge in [-0.05, 0) is 58.7 Å². The van der Waals surface area contributed by atoms with Crippen molar-refractivity contribution in [1.29, 1.82) is 0 Å². The van der Waals surface area contributed by atoms with Crippen LogP contribution in [0.5, 0.6) is 5.75 Å². The number of methoxy groups -OCH3 is 1. The molecular formula is C17H20BrN3O2. The first kappa shape index (κ1) is 17.4. The Bertz CT molecular complexity index is 635. The fourth-order valence-electron chi connectivity index (χ4n) is 2.05. The Morgan fingerprint density at radius 2 is 2.17 bits per heavy atom. The summed E-state index contributed by atoms with van der Waals surface area (Å²) < 4.78 is 5.90. The van der Waals surface area contributed by atoms with E-state index in [4.69, 9.17) is 4.74 Å². The van der Waals surface area contributed by atoms with Gasteiger partial charge in [-0.2, -0.15) is 0 Å². The highest BCUT2D eigenvalue weighted by molar-refractivity contribution is 9.10. The number of carbonyl (C=O) groups is 1. The topological polar surface area (TPSA) is 63.2 Å². The summed E-state index contributed by atoms with van der Waals surface area (Å²) >= 11 is 3.39. The number of ether oxygens (including phenoxy) is 1. The van der Waals surface area contributed by atoms with E-state index in [1.54, 1.807) is 19.4 Å². The summed E-state index contributed by atoms with van der Waals surface area (Å²) in [6, 6.07) is 9.29. The molecule has 2 aromatic rings. The quantitative estimate of drug-likeness (QED) is 0.694. The number of nitrogens with one attached hydrogen (secondary N) is 2. The molecule has 2 N–H and O–H groups in total. The minimum absolute atomic E-state index is 0.108. The molecule has 0 aliphatic rings. The van der Waals surface area contributed by atoms with Gasteiger partial charge in [0.2, 0.25) is 0 Å². The van der Waals surface area contributed by atoms with Gasteiger partial charge < -0.3 is 15.4 Å². The molecule has 0 aliphatic heterocycles. The van der Waals surface area contributed by atoms with Crippen LogP contribution in [-0.4, -0.2) is 31.1 Å². The molecule has 23 heavy (non-hydrogen) atoms. The van der Waals surface area contributed by atoms with Gasteiger partial charge in [-0.1, -0.05) is 6.07 Å². The van der Waals surface area contributed by atoms with Gasteiger partial charge in [0.25, 0.3) is 5.91 Å². The predicted molar refractivity (Wildman–Crippen MR) is 93.6 cm³/mol. The largest absolute Gasteiger partial charge is 0.497 e. The van der Waals surface area contributed by atoms with Crippen molar-refractivity contribution in [2.24, 2.45) is 0 Å². The molecule has 1 amide bonds. The van der Waals surface area contributed by atoms with Gasteiger partial charge in [-0.3, -0.25) is 9.78 Å². The Balaban J connectivity index is 1.69. The van der Waals surface area contributed by atoms with Gasteiger partial charge in [-0.25, -0.2) is 0 Å². The van der Waals surface area contributed by atoms with Crippen molar-refractivity contribution in [1.82, 2.24) is 15.6 Å². The molecule has 1 heterocycles. The zero-order valence-electron chi connectivity index (χ0n) is 13.0. The predicted octanol–water partition coefficient (Wildman–Crippen LogP) is 2.76. The van der Waals surface area contributed by atoms with Gasteiger partial charge in [0.05, 0.1) is 12.7 Å². The second-order valence-corrected chi connectivity index (χ2v) is 5.85. The standard InChI is InChI=1S/C17H20BrN3O2/c1-23-14-5-6-16(18)15(10-14)17(22)21-9-3-8-20-12-13-4-2-7-19-11-13/h2,4-7,10-11,20H,3,8-9,12H2,1H3,(H,21,22). The Kier molecular flexibility index (Phi) is 7.03. The molecule has 2 rings (SSSR count). The third-order valence-corrected chi connectivity index (χ3v) is 3.98. The molecule has 6 heteroatoms. The van der Waals surface area contributed by atoms with Gasteiger partial charge in [0.15, 0.2) is 0 Å². The number of hydrogen-bond donors (Lipinski definition) is 2. The van der Waals surface area contributed by atoms with Crippen molar-refractivity contribution < 1.29 is 9.53 Å². The third kappa shape index (κ3) is 5.65. The number of benzene rings is 1. The van der Waals surface area contributed by atoms with E-state index < -0.39 is 0 Å². The summed E-state index contributed by atoms with van der Waals surface area (Å²) in [5.74, 6) is 0.555. The van der Waals surface area contributed by atoms with Crippen molar-refractivity contribution >= 4 is 21.8 Å². The fraction of sp³-hybridized carbons (Fsp3) is 0.294. The van der Waals surface area contributed by atoms with Crippen LogP contribution >= 0.6 is 15.9 Å². The molecule has 0 saturated carbocycles. The molecule has 0 atom stereocenters. The van der Waals surface area contributed by atoms with Gasteiger partial charge >= 0.3 is 0 Å². The third-order valence-electron chi connectivity index (χ3n) is 3.29. The number of aromatic nitrogens is 1. The Hall–Kier alpha value is -1.92. The highest BCUT2D eigenvalue weighted by atomic mass is 79.9. The normalized spacial score (nSPS) is 10.3. The number of rotatable bonds is 8. The lowest BCUT2D eigenvalue weighted by Crippen LogP contribution is -2.27. The Labute approximate surface area is 144 Å². The lowest BCUT2D eigenvalue weighted by Gasteiger charge is -2.09. The average molecular weight is 378 g/mol. The van der Waals surface area contributed by atoms with E-state index in [0.29, 0.717) is 17.9 Å². The molecule has 1 aromatic heterocycles. The van der Waals surface area contributed by atoms with E-state index in [-0.39, 0.29) is 5.91 Å². The number of carbonyl (C=O) groups excluding carboxylic acids is 1. The van der Waals surface area contributed by atoms with E-state index in [0.717, 1.165) is 29.5 Å². The summed E-state index contributed by atoms with van der Waals surface area (Å²) in [4.78, 5) is 16.2. The number of hydrogen-bond acceptors (Lipinski definition) is 4. The molecule has 1 aromatic carbocycles. The van der Waals surface area contributed by atoms with Crippen LogP contribution < -0.4 is 15.4 Å². The summed E-state index contributed by atoms with van der Waals surface area (Å²) in [6.45, 7) is 2.22. The summed E-state index contributed by atoms with van der Waals surface area (Å²) in [5, 5.41) is 6.24. The highest BCUT2D eigenvalue weighted by Gasteiger charge is 2.10. The number of amides is 1. The molecule has 0 aliphatic carbocycles. The van der Waals surface area contributed by atoms with Crippen molar-refractivity contribution in [3.63, 3.8) is 0 Å². The second kappa shape index (κ2) is 9.27. The Morgan fingerprint density at radius 3 is 2.91 bits per heavy atom. The molecule has 0 saturated heterocycles. The van der Waals surface area contributed by atoms with E-state index >= 15 is 0 Å². The summed E-state index contributed by atoms with van der Waals surface area (Å²) in [5.41, 5.74) is 1.73. The first-order chi connectivity index (χ1) is 11.2. The zero-order chi connectivity index (χ0) is 16.5. The highest BCUT2D eigenvalue weighted by Crippen LogP contribution is 2.22. The molecule has 0 bridgehead atoms. The van der Waals surface area contributed by atoms with E-state index in [9.17, 15) is 4.79 Å². The van der Waals surface area contributed by atoms with Crippen LogP contribution in [0.3, 0.4) is 0 Å². The van der Waals surface area contributed by atoms with Crippen LogP contribution in [0.2, 0.25) is 0 Å². The van der Waals surface area contributed by atoms with Crippen LogP contribution in [0.4, 0.5) is 0 Å². The van der Waals surface area contributed by atoms with Crippen molar-refractivity contribution in [2.75, 3.05) is 20.2 Å². The molecule has 0 fully saturated rings. The van der Waals surface area contributed by atoms with E-state index in [2.05, 4.69) is 31.5 Å². The van der Waals surface area contributed by atoms with Crippen molar-refractivity contribution in [3.05, 3.63) is 58.3 Å². The minimum Gasteiger partial charge on any atom is -0.497 e. The van der Waals surface area contributed by atoms with Crippen LogP contribution in [0, 0.1) is 0 Å². The van der Waals surface area contributed by atoms with Crippen LogP contribution in [0.1, 0.15) is 22.3 Å². The maximum absolute atomic E-state index is 12.2. The van der Waals surface area contributed by atoms with E-state index in [1.807, 2.05) is 30.5 Å². The maximum atomic E-state index is 12.2. The molecule has 5 nitrogen and oxygen atoms in total. The van der Waals surface area contributed by atoms with Crippen molar-refractivity contribution in [3.8, 4) is 5.75 Å². The molecule has 0 unspecified atom stereocenters. The first-order valence-electron chi connectivity index (χ1n) is 7.42. The second-order valence-electron chi connectivity index (χ2n) is 4.99.